The minimum atomic E-state index is -1.07. The molecule has 0 aromatic rings. The average molecular weight is 230 g/mol. The third-order valence-corrected chi connectivity index (χ3v) is 2.14. The van der Waals surface area contributed by atoms with Crippen LogP contribution in [0.4, 0.5) is 0 Å². The first kappa shape index (κ1) is 12.9. The summed E-state index contributed by atoms with van der Waals surface area (Å²) in [5, 5.41) is 14.2. The van der Waals surface area contributed by atoms with E-state index in [-0.39, 0.29) is 12.5 Å². The largest absolute Gasteiger partial charge is 0.480 e. The van der Waals surface area contributed by atoms with Crippen molar-refractivity contribution in [1.82, 2.24) is 10.6 Å². The molecule has 1 aliphatic rings. The summed E-state index contributed by atoms with van der Waals surface area (Å²) in [6.07, 6.45) is 3.39. The fourth-order valence-corrected chi connectivity index (χ4v) is 1.19. The molecule has 92 valence electrons. The molecule has 1 rings (SSSR count). The van der Waals surface area contributed by atoms with Gasteiger partial charge in [0.15, 0.2) is 0 Å². The van der Waals surface area contributed by atoms with Crippen molar-refractivity contribution in [3.63, 3.8) is 0 Å². The van der Waals surface area contributed by atoms with Crippen LogP contribution in [0.25, 0.3) is 0 Å². The topological polar surface area (TPSA) is 87.7 Å². The van der Waals surface area contributed by atoms with Crippen LogP contribution in [-0.4, -0.2) is 49.3 Å². The standard InChI is InChI=1S/C10H18N2O4/c13-9(6-16-7-10(14)15)12-5-1-4-11-8-2-3-8/h8,11H,1-7H2,(H,12,13)(H,14,15). The second-order valence-electron chi connectivity index (χ2n) is 3.82. The van der Waals surface area contributed by atoms with Gasteiger partial charge in [0, 0.05) is 12.6 Å². The highest BCUT2D eigenvalue weighted by Gasteiger charge is 2.19. The Bertz CT molecular complexity index is 241. The Morgan fingerprint density at radius 3 is 2.62 bits per heavy atom. The van der Waals surface area contributed by atoms with Gasteiger partial charge >= 0.3 is 5.97 Å². The maximum absolute atomic E-state index is 11.1. The Hall–Kier alpha value is -1.14. The van der Waals surface area contributed by atoms with Crippen LogP contribution < -0.4 is 10.6 Å². The molecule has 0 heterocycles. The fourth-order valence-electron chi connectivity index (χ4n) is 1.19. The molecule has 0 unspecified atom stereocenters. The number of ether oxygens (including phenoxy) is 1. The fraction of sp³-hybridized carbons (Fsp3) is 0.800. The molecule has 1 saturated carbocycles. The Labute approximate surface area is 94.3 Å². The van der Waals surface area contributed by atoms with E-state index < -0.39 is 12.6 Å². The van der Waals surface area contributed by atoms with Gasteiger partial charge in [0.05, 0.1) is 0 Å². The molecule has 0 atom stereocenters. The second-order valence-corrected chi connectivity index (χ2v) is 3.82. The summed E-state index contributed by atoms with van der Waals surface area (Å²) in [4.78, 5) is 21.2. The molecule has 0 radical (unpaired) electrons. The van der Waals surface area contributed by atoms with Gasteiger partial charge in [-0.2, -0.15) is 0 Å². The first-order valence-corrected chi connectivity index (χ1v) is 5.48. The molecule has 1 fully saturated rings. The third-order valence-electron chi connectivity index (χ3n) is 2.14. The summed E-state index contributed by atoms with van der Waals surface area (Å²) in [6.45, 7) is 0.870. The number of aliphatic carboxylic acids is 1. The lowest BCUT2D eigenvalue weighted by Crippen LogP contribution is -2.31. The van der Waals surface area contributed by atoms with E-state index in [2.05, 4.69) is 15.4 Å². The van der Waals surface area contributed by atoms with Crippen molar-refractivity contribution in [3.8, 4) is 0 Å². The van der Waals surface area contributed by atoms with Gasteiger partial charge in [-0.25, -0.2) is 4.79 Å². The van der Waals surface area contributed by atoms with E-state index in [1.165, 1.54) is 12.8 Å². The molecule has 0 aromatic heterocycles. The van der Waals surface area contributed by atoms with Crippen LogP contribution in [0.2, 0.25) is 0 Å². The first-order chi connectivity index (χ1) is 7.68. The minimum absolute atomic E-state index is 0.192. The van der Waals surface area contributed by atoms with E-state index in [4.69, 9.17) is 5.11 Å². The quantitative estimate of drug-likeness (QED) is 0.458. The summed E-state index contributed by atoms with van der Waals surface area (Å²) in [5.74, 6) is -1.34. The van der Waals surface area contributed by atoms with Crippen LogP contribution in [-0.2, 0) is 14.3 Å². The molecular weight excluding hydrogens is 212 g/mol. The predicted octanol–water partition coefficient (Wildman–Crippen LogP) is -0.654. The summed E-state index contributed by atoms with van der Waals surface area (Å²) in [6, 6.07) is 0.689. The Balaban J connectivity index is 1.83. The summed E-state index contributed by atoms with van der Waals surface area (Å²) < 4.78 is 4.63. The zero-order valence-corrected chi connectivity index (χ0v) is 9.20. The molecule has 6 nitrogen and oxygen atoms in total. The zero-order valence-electron chi connectivity index (χ0n) is 9.20. The SMILES string of the molecule is O=C(O)COCC(=O)NCCCNC1CC1. The normalized spacial score (nSPS) is 14.8. The van der Waals surface area contributed by atoms with Crippen LogP contribution in [0.3, 0.4) is 0 Å². The van der Waals surface area contributed by atoms with E-state index in [1.807, 2.05) is 0 Å². The lowest BCUT2D eigenvalue weighted by atomic mass is 10.4. The number of carbonyl (C=O) groups excluding carboxylic acids is 1. The first-order valence-electron chi connectivity index (χ1n) is 5.48. The van der Waals surface area contributed by atoms with Gasteiger partial charge in [-0.15, -0.1) is 0 Å². The van der Waals surface area contributed by atoms with Gasteiger partial charge in [-0.1, -0.05) is 0 Å². The monoisotopic (exact) mass is 230 g/mol. The molecule has 16 heavy (non-hydrogen) atoms. The van der Waals surface area contributed by atoms with Gasteiger partial charge in [-0.05, 0) is 25.8 Å². The van der Waals surface area contributed by atoms with E-state index >= 15 is 0 Å². The lowest BCUT2D eigenvalue weighted by Gasteiger charge is -2.05. The van der Waals surface area contributed by atoms with Crippen molar-refractivity contribution in [1.29, 1.82) is 0 Å². The van der Waals surface area contributed by atoms with E-state index in [0.29, 0.717) is 12.6 Å². The van der Waals surface area contributed by atoms with Crippen molar-refractivity contribution in [2.75, 3.05) is 26.3 Å². The van der Waals surface area contributed by atoms with Crippen LogP contribution in [0.1, 0.15) is 19.3 Å². The maximum atomic E-state index is 11.1. The van der Waals surface area contributed by atoms with Crippen LogP contribution >= 0.6 is 0 Å². The van der Waals surface area contributed by atoms with Crippen molar-refractivity contribution in [2.24, 2.45) is 0 Å². The third kappa shape index (κ3) is 7.19. The lowest BCUT2D eigenvalue weighted by molar-refractivity contribution is -0.143. The van der Waals surface area contributed by atoms with E-state index in [1.54, 1.807) is 0 Å². The Kier molecular flexibility index (Phi) is 5.81. The number of carboxylic acids is 1. The van der Waals surface area contributed by atoms with Crippen molar-refractivity contribution in [3.05, 3.63) is 0 Å². The molecule has 0 bridgehead atoms. The Morgan fingerprint density at radius 2 is 2.00 bits per heavy atom. The summed E-state index contributed by atoms with van der Waals surface area (Å²) in [7, 11) is 0. The number of amides is 1. The van der Waals surface area contributed by atoms with Crippen LogP contribution in [0.5, 0.6) is 0 Å². The number of nitrogens with one attached hydrogen (secondary N) is 2. The van der Waals surface area contributed by atoms with Gasteiger partial charge in [-0.3, -0.25) is 4.79 Å². The van der Waals surface area contributed by atoms with Gasteiger partial charge in [0.25, 0.3) is 0 Å². The van der Waals surface area contributed by atoms with Gasteiger partial charge in [0.2, 0.25) is 5.91 Å². The Morgan fingerprint density at radius 1 is 1.25 bits per heavy atom. The average Bonchev–Trinajstić information content (AvgIpc) is 3.00. The second kappa shape index (κ2) is 7.19. The zero-order chi connectivity index (χ0) is 11.8. The highest BCUT2D eigenvalue weighted by atomic mass is 16.5. The molecule has 1 amide bonds. The maximum Gasteiger partial charge on any atom is 0.329 e. The number of hydrogen-bond acceptors (Lipinski definition) is 4. The smallest absolute Gasteiger partial charge is 0.329 e. The molecule has 3 N–H and O–H groups in total. The summed E-state index contributed by atoms with van der Waals surface area (Å²) >= 11 is 0. The highest BCUT2D eigenvalue weighted by molar-refractivity contribution is 5.77. The van der Waals surface area contributed by atoms with Crippen LogP contribution in [0.15, 0.2) is 0 Å². The minimum Gasteiger partial charge on any atom is -0.480 e. The van der Waals surface area contributed by atoms with E-state index in [9.17, 15) is 9.59 Å². The molecule has 0 aliphatic heterocycles. The number of carboxylic acid groups (broad SMARTS) is 1. The highest BCUT2D eigenvalue weighted by Crippen LogP contribution is 2.18. The van der Waals surface area contributed by atoms with Crippen molar-refractivity contribution >= 4 is 11.9 Å². The predicted molar refractivity (Wildman–Crippen MR) is 57.1 cm³/mol. The van der Waals surface area contributed by atoms with E-state index in [0.717, 1.165) is 13.0 Å². The molecular formula is C10H18N2O4. The summed E-state index contributed by atoms with van der Waals surface area (Å²) in [5.41, 5.74) is 0. The number of rotatable bonds is 9. The molecule has 6 heteroatoms. The van der Waals surface area contributed by atoms with Crippen LogP contribution in [0, 0.1) is 0 Å². The number of hydrogen-bond donors (Lipinski definition) is 3. The number of carbonyl (C=O) groups is 2. The molecule has 0 aromatic carbocycles. The van der Waals surface area contributed by atoms with Crippen molar-refractivity contribution in [2.45, 2.75) is 25.3 Å². The van der Waals surface area contributed by atoms with Crippen molar-refractivity contribution < 1.29 is 19.4 Å². The molecule has 1 aliphatic carbocycles. The molecule has 0 saturated heterocycles. The molecule has 0 spiro atoms. The van der Waals surface area contributed by atoms with Gasteiger partial charge < -0.3 is 20.5 Å². The van der Waals surface area contributed by atoms with Gasteiger partial charge in [0.1, 0.15) is 13.2 Å².